The SMILES string of the molecule is CCCCC(/C=C/c1ccccc1)CC. The Kier molecular flexibility index (Phi) is 5.84. The van der Waals surface area contributed by atoms with Crippen molar-refractivity contribution in [2.75, 3.05) is 0 Å². The Bertz CT molecular complexity index is 271. The van der Waals surface area contributed by atoms with E-state index >= 15 is 0 Å². The first kappa shape index (κ1) is 12.0. The molecule has 0 spiro atoms. The molecule has 0 N–H and O–H groups in total. The maximum atomic E-state index is 2.37. The molecule has 1 atom stereocenters. The summed E-state index contributed by atoms with van der Waals surface area (Å²) in [6, 6.07) is 10.6. The van der Waals surface area contributed by atoms with Crippen molar-refractivity contribution in [2.24, 2.45) is 5.92 Å². The minimum absolute atomic E-state index is 0.755. The zero-order chi connectivity index (χ0) is 10.9. The molecule has 0 amide bonds. The van der Waals surface area contributed by atoms with Crippen molar-refractivity contribution in [3.05, 3.63) is 42.0 Å². The fourth-order valence-electron chi connectivity index (χ4n) is 1.71. The summed E-state index contributed by atoms with van der Waals surface area (Å²) in [7, 11) is 0. The van der Waals surface area contributed by atoms with Gasteiger partial charge in [0.15, 0.2) is 0 Å². The molecule has 0 aliphatic heterocycles. The average Bonchev–Trinajstić information content (AvgIpc) is 2.31. The highest BCUT2D eigenvalue weighted by Gasteiger charge is 1.99. The summed E-state index contributed by atoms with van der Waals surface area (Å²) in [6.07, 6.45) is 9.85. The number of unbranched alkanes of at least 4 members (excludes halogenated alkanes) is 1. The monoisotopic (exact) mass is 202 g/mol. The van der Waals surface area contributed by atoms with E-state index in [1.165, 1.54) is 31.2 Å². The van der Waals surface area contributed by atoms with E-state index in [2.05, 4.69) is 56.3 Å². The van der Waals surface area contributed by atoms with E-state index in [-0.39, 0.29) is 0 Å². The molecule has 1 aromatic rings. The molecule has 1 unspecified atom stereocenters. The van der Waals surface area contributed by atoms with Gasteiger partial charge < -0.3 is 0 Å². The van der Waals surface area contributed by atoms with Gasteiger partial charge in [0.25, 0.3) is 0 Å². The summed E-state index contributed by atoms with van der Waals surface area (Å²) in [5.41, 5.74) is 1.31. The molecule has 0 aliphatic rings. The second kappa shape index (κ2) is 7.28. The predicted molar refractivity (Wildman–Crippen MR) is 68.8 cm³/mol. The van der Waals surface area contributed by atoms with Gasteiger partial charge in [0, 0.05) is 0 Å². The van der Waals surface area contributed by atoms with Crippen LogP contribution in [0.15, 0.2) is 36.4 Å². The Morgan fingerprint density at radius 2 is 1.87 bits per heavy atom. The minimum Gasteiger partial charge on any atom is -0.0808 e. The summed E-state index contributed by atoms with van der Waals surface area (Å²) in [4.78, 5) is 0. The van der Waals surface area contributed by atoms with Crippen LogP contribution in [0.1, 0.15) is 45.1 Å². The maximum Gasteiger partial charge on any atom is -0.0233 e. The van der Waals surface area contributed by atoms with Gasteiger partial charge >= 0.3 is 0 Å². The third-order valence-corrected chi connectivity index (χ3v) is 2.81. The second-order valence-corrected chi connectivity index (χ2v) is 4.08. The standard InChI is InChI=1S/C15H22/c1-3-5-9-14(4-2)12-13-15-10-7-6-8-11-15/h6-8,10-14H,3-5,9H2,1-2H3/b13-12+. The van der Waals surface area contributed by atoms with Gasteiger partial charge in [0.1, 0.15) is 0 Å². The van der Waals surface area contributed by atoms with Gasteiger partial charge in [-0.05, 0) is 24.3 Å². The molecule has 1 aromatic carbocycles. The largest absolute Gasteiger partial charge is 0.0808 e. The van der Waals surface area contributed by atoms with Gasteiger partial charge in [0.05, 0.1) is 0 Å². The van der Waals surface area contributed by atoms with Crippen molar-refractivity contribution in [2.45, 2.75) is 39.5 Å². The Hall–Kier alpha value is -1.04. The normalized spacial score (nSPS) is 13.2. The molecule has 0 fully saturated rings. The summed E-state index contributed by atoms with van der Waals surface area (Å²) in [5, 5.41) is 0. The lowest BCUT2D eigenvalue weighted by molar-refractivity contribution is 0.542. The molecule has 0 aliphatic carbocycles. The molecule has 82 valence electrons. The Labute approximate surface area is 94.0 Å². The highest BCUT2D eigenvalue weighted by atomic mass is 14.1. The fourth-order valence-corrected chi connectivity index (χ4v) is 1.71. The number of benzene rings is 1. The molecule has 0 saturated carbocycles. The average molecular weight is 202 g/mol. The van der Waals surface area contributed by atoms with Crippen molar-refractivity contribution in [3.8, 4) is 0 Å². The minimum atomic E-state index is 0.755. The molecule has 0 radical (unpaired) electrons. The molecule has 15 heavy (non-hydrogen) atoms. The van der Waals surface area contributed by atoms with Crippen LogP contribution in [-0.2, 0) is 0 Å². The Morgan fingerprint density at radius 1 is 1.13 bits per heavy atom. The summed E-state index contributed by atoms with van der Waals surface area (Å²) < 4.78 is 0. The highest BCUT2D eigenvalue weighted by molar-refractivity contribution is 5.48. The lowest BCUT2D eigenvalue weighted by Crippen LogP contribution is -1.93. The van der Waals surface area contributed by atoms with Crippen LogP contribution >= 0.6 is 0 Å². The van der Waals surface area contributed by atoms with E-state index in [0.29, 0.717) is 0 Å². The van der Waals surface area contributed by atoms with Gasteiger partial charge in [-0.25, -0.2) is 0 Å². The molecular weight excluding hydrogens is 180 g/mol. The van der Waals surface area contributed by atoms with E-state index in [1.807, 2.05) is 0 Å². The first-order valence-corrected chi connectivity index (χ1v) is 6.10. The zero-order valence-corrected chi connectivity index (χ0v) is 9.95. The van der Waals surface area contributed by atoms with E-state index in [1.54, 1.807) is 0 Å². The Balaban J connectivity index is 2.47. The van der Waals surface area contributed by atoms with E-state index in [0.717, 1.165) is 5.92 Å². The van der Waals surface area contributed by atoms with Crippen LogP contribution in [0.5, 0.6) is 0 Å². The van der Waals surface area contributed by atoms with Crippen molar-refractivity contribution in [1.82, 2.24) is 0 Å². The third kappa shape index (κ3) is 4.83. The number of hydrogen-bond acceptors (Lipinski definition) is 0. The lowest BCUT2D eigenvalue weighted by atomic mass is 9.98. The third-order valence-electron chi connectivity index (χ3n) is 2.81. The maximum absolute atomic E-state index is 2.37. The van der Waals surface area contributed by atoms with Crippen LogP contribution < -0.4 is 0 Å². The summed E-state index contributed by atoms with van der Waals surface area (Å²) in [6.45, 7) is 4.53. The van der Waals surface area contributed by atoms with Crippen LogP contribution in [0, 0.1) is 5.92 Å². The van der Waals surface area contributed by atoms with E-state index in [4.69, 9.17) is 0 Å². The van der Waals surface area contributed by atoms with Crippen LogP contribution in [0.25, 0.3) is 6.08 Å². The topological polar surface area (TPSA) is 0 Å². The Morgan fingerprint density at radius 3 is 2.47 bits per heavy atom. The predicted octanol–water partition coefficient (Wildman–Crippen LogP) is 4.92. The quantitative estimate of drug-likeness (QED) is 0.614. The molecule has 0 heteroatoms. The molecular formula is C15H22. The van der Waals surface area contributed by atoms with Crippen LogP contribution in [0.3, 0.4) is 0 Å². The van der Waals surface area contributed by atoms with Gasteiger partial charge in [0.2, 0.25) is 0 Å². The molecule has 0 aromatic heterocycles. The van der Waals surface area contributed by atoms with E-state index in [9.17, 15) is 0 Å². The van der Waals surface area contributed by atoms with Gasteiger partial charge in [-0.15, -0.1) is 0 Å². The van der Waals surface area contributed by atoms with Crippen LogP contribution in [-0.4, -0.2) is 0 Å². The smallest absolute Gasteiger partial charge is 0.0233 e. The van der Waals surface area contributed by atoms with Crippen molar-refractivity contribution in [3.63, 3.8) is 0 Å². The highest BCUT2D eigenvalue weighted by Crippen LogP contribution is 2.15. The summed E-state index contributed by atoms with van der Waals surface area (Å²) >= 11 is 0. The molecule has 1 rings (SSSR count). The van der Waals surface area contributed by atoms with Crippen LogP contribution in [0.4, 0.5) is 0 Å². The van der Waals surface area contributed by atoms with Gasteiger partial charge in [-0.2, -0.15) is 0 Å². The van der Waals surface area contributed by atoms with Crippen molar-refractivity contribution in [1.29, 1.82) is 0 Å². The first-order chi connectivity index (χ1) is 7.36. The zero-order valence-electron chi connectivity index (χ0n) is 9.95. The molecule has 0 heterocycles. The fraction of sp³-hybridized carbons (Fsp3) is 0.467. The molecule has 0 saturated heterocycles. The molecule has 0 bridgehead atoms. The van der Waals surface area contributed by atoms with Gasteiger partial charge in [-0.1, -0.05) is 69.2 Å². The van der Waals surface area contributed by atoms with E-state index < -0.39 is 0 Å². The van der Waals surface area contributed by atoms with Crippen molar-refractivity contribution >= 4 is 6.08 Å². The number of rotatable bonds is 6. The van der Waals surface area contributed by atoms with Crippen LogP contribution in [0.2, 0.25) is 0 Å². The van der Waals surface area contributed by atoms with Gasteiger partial charge in [-0.3, -0.25) is 0 Å². The number of allylic oxidation sites excluding steroid dienone is 1. The lowest BCUT2D eigenvalue weighted by Gasteiger charge is -2.08. The second-order valence-electron chi connectivity index (χ2n) is 4.08. The summed E-state index contributed by atoms with van der Waals surface area (Å²) in [5.74, 6) is 0.755. The number of hydrogen-bond donors (Lipinski definition) is 0. The first-order valence-electron chi connectivity index (χ1n) is 6.10. The molecule has 0 nitrogen and oxygen atoms in total. The van der Waals surface area contributed by atoms with Crippen molar-refractivity contribution < 1.29 is 0 Å².